The van der Waals surface area contributed by atoms with Crippen molar-refractivity contribution in [2.24, 2.45) is 5.92 Å². The Hall–Kier alpha value is -4.29. The molecule has 0 saturated heterocycles. The third-order valence-electron chi connectivity index (χ3n) is 6.24. The number of carbonyl (C=O) groups is 3. The van der Waals surface area contributed by atoms with Gasteiger partial charge in [-0.1, -0.05) is 74.1 Å². The zero-order valence-corrected chi connectivity index (χ0v) is 24.9. The zero-order chi connectivity index (χ0) is 30.1. The molecule has 1 unspecified atom stereocenters. The van der Waals surface area contributed by atoms with E-state index in [1.807, 2.05) is 30.3 Å². The Labute approximate surface area is 250 Å². The number of amides is 3. The molecule has 1 heterocycles. The quantitative estimate of drug-likeness (QED) is 0.248. The van der Waals surface area contributed by atoms with Gasteiger partial charge in [0.1, 0.15) is 0 Å². The van der Waals surface area contributed by atoms with Crippen LogP contribution in [-0.4, -0.2) is 49.6 Å². The number of anilines is 1. The molecule has 12 heteroatoms. The van der Waals surface area contributed by atoms with Crippen molar-refractivity contribution >= 4 is 45.2 Å². The van der Waals surface area contributed by atoms with Crippen LogP contribution >= 0.6 is 11.8 Å². The van der Waals surface area contributed by atoms with Gasteiger partial charge in [-0.2, -0.15) is 0 Å². The van der Waals surface area contributed by atoms with Crippen molar-refractivity contribution in [2.45, 2.75) is 30.8 Å². The molecule has 1 aliphatic heterocycles. The molecule has 0 aromatic heterocycles. The monoisotopic (exact) mass is 607 g/mol. The number of carbonyl (C=O) groups excluding carboxylic acids is 3. The van der Waals surface area contributed by atoms with Crippen molar-refractivity contribution in [3.8, 4) is 0 Å². The van der Waals surface area contributed by atoms with Crippen molar-refractivity contribution in [1.29, 1.82) is 0 Å². The molecule has 0 aliphatic carbocycles. The summed E-state index contributed by atoms with van der Waals surface area (Å²) in [6.07, 6.45) is 1.56. The summed E-state index contributed by atoms with van der Waals surface area (Å²) in [4.78, 5) is 40.2. The summed E-state index contributed by atoms with van der Waals surface area (Å²) in [5.74, 6) is -0.921. The first kappa shape index (κ1) is 30.7. The van der Waals surface area contributed by atoms with Gasteiger partial charge in [0.05, 0.1) is 9.80 Å². The lowest BCUT2D eigenvalue weighted by Gasteiger charge is -2.23. The predicted molar refractivity (Wildman–Crippen MR) is 163 cm³/mol. The fourth-order valence-electron chi connectivity index (χ4n) is 3.96. The van der Waals surface area contributed by atoms with Gasteiger partial charge in [0.2, 0.25) is 5.91 Å². The molecule has 10 nitrogen and oxygen atoms in total. The lowest BCUT2D eigenvalue weighted by Crippen LogP contribution is -2.40. The van der Waals surface area contributed by atoms with Crippen LogP contribution in [0.15, 0.2) is 101 Å². The Morgan fingerprint density at radius 2 is 1.57 bits per heavy atom. The molecule has 0 fully saturated rings. The summed E-state index contributed by atoms with van der Waals surface area (Å²) in [6.45, 7) is 4.28. The Kier molecular flexibility index (Phi) is 10.3. The molecule has 0 saturated carbocycles. The van der Waals surface area contributed by atoms with E-state index >= 15 is 0 Å². The van der Waals surface area contributed by atoms with E-state index in [0.29, 0.717) is 22.7 Å². The maximum Gasteiger partial charge on any atom is 0.261 e. The number of sulfonamides is 1. The molecule has 220 valence electrons. The number of nitrogens with zero attached hydrogens (tertiary/aromatic N) is 1. The molecule has 1 atom stereocenters. The molecule has 42 heavy (non-hydrogen) atoms. The van der Waals surface area contributed by atoms with Crippen molar-refractivity contribution in [3.05, 3.63) is 107 Å². The highest BCUT2D eigenvalue weighted by Gasteiger charge is 2.25. The van der Waals surface area contributed by atoms with Crippen LogP contribution in [0, 0.1) is 5.92 Å². The second-order valence-corrected chi connectivity index (χ2v) is 12.6. The molecule has 0 bridgehead atoms. The van der Waals surface area contributed by atoms with Gasteiger partial charge < -0.3 is 20.9 Å². The van der Waals surface area contributed by atoms with Crippen molar-refractivity contribution in [1.82, 2.24) is 20.9 Å². The zero-order valence-electron chi connectivity index (χ0n) is 23.2. The highest BCUT2D eigenvalue weighted by atomic mass is 32.2. The van der Waals surface area contributed by atoms with Crippen molar-refractivity contribution in [2.75, 3.05) is 17.8 Å². The minimum atomic E-state index is -3.83. The third kappa shape index (κ3) is 8.37. The van der Waals surface area contributed by atoms with Gasteiger partial charge in [0.15, 0.2) is 5.50 Å². The minimum absolute atomic E-state index is 0.0311. The van der Waals surface area contributed by atoms with Gasteiger partial charge in [0, 0.05) is 43.0 Å². The molecule has 4 N–H and O–H groups in total. The number of hydrogen-bond acceptors (Lipinski definition) is 7. The summed E-state index contributed by atoms with van der Waals surface area (Å²) >= 11 is 1.20. The van der Waals surface area contributed by atoms with Gasteiger partial charge in [-0.3, -0.25) is 19.1 Å². The number of thioether (sulfide) groups is 1. The summed E-state index contributed by atoms with van der Waals surface area (Å²) in [5.41, 5.74) is 1.24. The van der Waals surface area contributed by atoms with E-state index in [9.17, 15) is 22.8 Å². The van der Waals surface area contributed by atoms with Crippen LogP contribution < -0.4 is 20.7 Å². The van der Waals surface area contributed by atoms with Gasteiger partial charge in [-0.25, -0.2) is 8.42 Å². The van der Waals surface area contributed by atoms with E-state index in [1.54, 1.807) is 55.3 Å². The van der Waals surface area contributed by atoms with E-state index < -0.39 is 15.5 Å². The molecule has 4 rings (SSSR count). The molecule has 0 spiro atoms. The van der Waals surface area contributed by atoms with Crippen molar-refractivity contribution < 1.29 is 22.8 Å². The van der Waals surface area contributed by atoms with Crippen LogP contribution in [0.4, 0.5) is 5.69 Å². The van der Waals surface area contributed by atoms with Gasteiger partial charge in [-0.15, -0.1) is 0 Å². The maximum absolute atomic E-state index is 13.5. The van der Waals surface area contributed by atoms with Crippen molar-refractivity contribution in [3.63, 3.8) is 0 Å². The first-order valence-electron chi connectivity index (χ1n) is 13.3. The Balaban J connectivity index is 1.39. The number of benzene rings is 3. The molecular weight excluding hydrogens is 574 g/mol. The number of nitrogens with one attached hydrogen (secondary N) is 4. The lowest BCUT2D eigenvalue weighted by molar-refractivity contribution is -0.124. The van der Waals surface area contributed by atoms with Gasteiger partial charge >= 0.3 is 0 Å². The van der Waals surface area contributed by atoms with Crippen LogP contribution in [0.25, 0.3) is 0 Å². The smallest absolute Gasteiger partial charge is 0.261 e. The molecule has 3 amide bonds. The number of para-hydroxylation sites is 1. The Bertz CT molecular complexity index is 1530. The largest absolute Gasteiger partial charge is 0.361 e. The van der Waals surface area contributed by atoms with E-state index in [0.717, 1.165) is 5.56 Å². The highest BCUT2D eigenvalue weighted by Crippen LogP contribution is 2.24. The van der Waals surface area contributed by atoms with Gasteiger partial charge in [0.25, 0.3) is 21.8 Å². The minimum Gasteiger partial charge on any atom is -0.361 e. The fraction of sp³-hybridized carbons (Fsp3) is 0.233. The Morgan fingerprint density at radius 1 is 0.929 bits per heavy atom. The Morgan fingerprint density at radius 3 is 2.21 bits per heavy atom. The normalized spacial score (nSPS) is 14.5. The average molecular weight is 608 g/mol. The average Bonchev–Trinajstić information content (AvgIpc) is 3.45. The fourth-order valence-corrected chi connectivity index (χ4v) is 5.90. The maximum atomic E-state index is 13.5. The van der Waals surface area contributed by atoms with E-state index in [2.05, 4.69) is 20.7 Å². The van der Waals surface area contributed by atoms with Crippen LogP contribution in [0.5, 0.6) is 0 Å². The summed E-state index contributed by atoms with van der Waals surface area (Å²) in [6, 6.07) is 23.8. The molecule has 3 aromatic rings. The first-order valence-corrected chi connectivity index (χ1v) is 15.7. The SMILES string of the molecule is CC(C)C(=O)NC1NC=C(C(=O)NCCN(Cc2ccccc2)C(=O)c2ccc(S(=O)(=O)Nc3ccccc3)cc2)S1. The predicted octanol–water partition coefficient (Wildman–Crippen LogP) is 3.48. The number of hydrogen-bond donors (Lipinski definition) is 4. The second kappa shape index (κ2) is 14.1. The van der Waals surface area contributed by atoms with E-state index in [4.69, 9.17) is 0 Å². The molecule has 1 aliphatic rings. The van der Waals surface area contributed by atoms with Gasteiger partial charge in [-0.05, 0) is 42.0 Å². The topological polar surface area (TPSA) is 137 Å². The number of rotatable bonds is 12. The standard InChI is InChI=1S/C30H33N5O5S2/c1-21(2)27(36)33-30-32-19-26(41-30)28(37)31-17-18-35(20-22-9-5-3-6-10-22)29(38)23-13-15-25(16-14-23)42(39,40)34-24-11-7-4-8-12-24/h3-16,19,21,30,32,34H,17-18,20H2,1-2H3,(H,31,37)(H,33,36). The van der Waals surface area contributed by atoms with Crippen LogP contribution in [0.2, 0.25) is 0 Å². The summed E-state index contributed by atoms with van der Waals surface area (Å²) < 4.78 is 28.1. The first-order chi connectivity index (χ1) is 20.1. The summed E-state index contributed by atoms with van der Waals surface area (Å²) in [7, 11) is -3.83. The van der Waals surface area contributed by atoms with E-state index in [1.165, 1.54) is 36.0 Å². The lowest BCUT2D eigenvalue weighted by atomic mass is 10.1. The molecule has 3 aromatic carbocycles. The van der Waals surface area contributed by atoms with E-state index in [-0.39, 0.29) is 41.6 Å². The van der Waals surface area contributed by atoms with Crippen LogP contribution in [0.3, 0.4) is 0 Å². The van der Waals surface area contributed by atoms with Crippen LogP contribution in [-0.2, 0) is 26.2 Å². The third-order valence-corrected chi connectivity index (χ3v) is 8.68. The second-order valence-electron chi connectivity index (χ2n) is 9.80. The summed E-state index contributed by atoms with van der Waals surface area (Å²) in [5, 5.41) is 8.61. The van der Waals surface area contributed by atoms with Crippen LogP contribution in [0.1, 0.15) is 29.8 Å². The molecule has 0 radical (unpaired) electrons. The molecular formula is C30H33N5O5S2. The highest BCUT2D eigenvalue weighted by molar-refractivity contribution is 8.04.